The van der Waals surface area contributed by atoms with Crippen molar-refractivity contribution in [2.75, 3.05) is 0 Å². The van der Waals surface area contributed by atoms with Gasteiger partial charge < -0.3 is 24.8 Å². The van der Waals surface area contributed by atoms with Gasteiger partial charge in [0.05, 0.1) is 0 Å². The van der Waals surface area contributed by atoms with Crippen molar-refractivity contribution in [2.24, 2.45) is 0 Å². The summed E-state index contributed by atoms with van der Waals surface area (Å²) in [5.41, 5.74) is 16.1. The van der Waals surface area contributed by atoms with Crippen LogP contribution in [0, 0.1) is 0 Å². The maximum absolute atomic E-state index is 2.60. The molecule has 2 aliphatic carbocycles. The van der Waals surface area contributed by atoms with Crippen LogP contribution in [0.5, 0.6) is 0 Å². The molecule has 0 bridgehead atoms. The molecule has 1 atom stereocenters. The Morgan fingerprint density at radius 2 is 1.50 bits per heavy atom. The zero-order chi connectivity index (χ0) is 25.0. The van der Waals surface area contributed by atoms with Crippen LogP contribution in [0.15, 0.2) is 47.6 Å². The first-order chi connectivity index (χ1) is 15.9. The second-order valence-corrected chi connectivity index (χ2v) is 25.6. The molecule has 0 aliphatic heterocycles. The number of allylic oxidation sites excluding steroid dienone is 4. The zero-order valence-corrected chi connectivity index (χ0v) is 28.9. The predicted molar refractivity (Wildman–Crippen MR) is 149 cm³/mol. The summed E-state index contributed by atoms with van der Waals surface area (Å²) in [6.07, 6.45) is 5.94. The van der Waals surface area contributed by atoms with E-state index >= 15 is 0 Å². The third-order valence-electron chi connectivity index (χ3n) is 7.63. The molecule has 2 aliphatic rings. The van der Waals surface area contributed by atoms with Crippen molar-refractivity contribution in [3.05, 3.63) is 75.4 Å². The van der Waals surface area contributed by atoms with E-state index in [4.69, 9.17) is 0 Å². The van der Waals surface area contributed by atoms with Crippen LogP contribution in [-0.2, 0) is 32.7 Å². The smallest absolute Gasteiger partial charge is 1.00 e. The Balaban J connectivity index is 0.00000228. The molecule has 0 spiro atoms. The molecule has 1 unspecified atom stereocenters. The molecule has 2 aromatic carbocycles. The maximum atomic E-state index is 2.60. The number of hydrogen-bond donors (Lipinski definition) is 0. The zero-order valence-electron chi connectivity index (χ0n) is 23.9. The van der Waals surface area contributed by atoms with Gasteiger partial charge in [0.2, 0.25) is 0 Å². The monoisotopic (exact) mass is 615 g/mol. The van der Waals surface area contributed by atoms with Gasteiger partial charge in [-0.15, -0.1) is 0 Å². The first kappa shape index (κ1) is 31.8. The topological polar surface area (TPSA) is 0 Å². The van der Waals surface area contributed by atoms with Crippen molar-refractivity contribution in [2.45, 2.75) is 102 Å². The van der Waals surface area contributed by atoms with Crippen LogP contribution in [-0.4, -0.2) is 5.43 Å². The van der Waals surface area contributed by atoms with Gasteiger partial charge >= 0.3 is 222 Å². The molecule has 0 amide bonds. The van der Waals surface area contributed by atoms with Gasteiger partial charge in [-0.3, -0.25) is 0 Å². The van der Waals surface area contributed by atoms with Crippen LogP contribution < -0.4 is 24.8 Å². The molecular formula is C32H43Cl2SiZr. The van der Waals surface area contributed by atoms with Crippen molar-refractivity contribution in [3.8, 4) is 11.1 Å². The molecule has 0 aromatic heterocycles. The largest absolute Gasteiger partial charge is 1.00 e. The minimum Gasteiger partial charge on any atom is -1.00 e. The summed E-state index contributed by atoms with van der Waals surface area (Å²) in [5.74, 6) is 0. The Bertz CT molecular complexity index is 1230. The second kappa shape index (κ2) is 11.8. The summed E-state index contributed by atoms with van der Waals surface area (Å²) in [6, 6.07) is 12.4. The fourth-order valence-corrected chi connectivity index (χ4v) is 14.6. The van der Waals surface area contributed by atoms with Gasteiger partial charge in [-0.05, 0) is 0 Å². The Morgan fingerprint density at radius 1 is 0.861 bits per heavy atom. The quantitative estimate of drug-likeness (QED) is 0.461. The number of rotatable bonds is 4. The second-order valence-electron chi connectivity index (χ2n) is 12.4. The molecule has 36 heavy (non-hydrogen) atoms. The average molecular weight is 618 g/mol. The number of fused-ring (bicyclic) bond motifs is 3. The molecule has 0 radical (unpaired) electrons. The van der Waals surface area contributed by atoms with Crippen molar-refractivity contribution < 1.29 is 46.7 Å². The van der Waals surface area contributed by atoms with Gasteiger partial charge in [0.15, 0.2) is 0 Å². The van der Waals surface area contributed by atoms with Crippen LogP contribution >= 0.6 is 0 Å². The number of halogens is 2. The van der Waals surface area contributed by atoms with Crippen molar-refractivity contribution in [1.82, 2.24) is 0 Å². The predicted octanol–water partition coefficient (Wildman–Crippen LogP) is 3.60. The molecule has 4 rings (SSSR count). The average Bonchev–Trinajstić information content (AvgIpc) is 3.30. The van der Waals surface area contributed by atoms with E-state index < -0.39 is 21.9 Å². The molecule has 0 fully saturated rings. The Kier molecular flexibility index (Phi) is 10.4. The summed E-state index contributed by atoms with van der Waals surface area (Å²) < 4.78 is 0.688. The van der Waals surface area contributed by atoms with E-state index in [-0.39, 0.29) is 41.1 Å². The van der Waals surface area contributed by atoms with Gasteiger partial charge in [0, 0.05) is 0 Å². The van der Waals surface area contributed by atoms with E-state index in [9.17, 15) is 0 Å². The van der Waals surface area contributed by atoms with Gasteiger partial charge in [0.25, 0.3) is 0 Å². The Labute approximate surface area is 244 Å². The summed E-state index contributed by atoms with van der Waals surface area (Å²) in [6.45, 7) is 24.1. The SMILES string of the molecule is CCC1=CCC(c2c(C(C)(C)C)ccc3c2[CH]([Zr+2]=[Si](C)C)c2cc(C(C)(C)C)ccc2-3)=C1CC.[Cl-].[Cl-]. The molecule has 193 valence electrons. The summed E-state index contributed by atoms with van der Waals surface area (Å²) in [7, 11) is 0. The van der Waals surface area contributed by atoms with Crippen LogP contribution in [0.4, 0.5) is 0 Å². The normalized spacial score (nSPS) is 16.5. The van der Waals surface area contributed by atoms with E-state index in [0.717, 1.165) is 19.3 Å². The summed E-state index contributed by atoms with van der Waals surface area (Å²) in [5, 5.41) is 0. The first-order valence-corrected chi connectivity index (χ1v) is 20.8. The minimum atomic E-state index is -0.589. The van der Waals surface area contributed by atoms with Crippen LogP contribution in [0.1, 0.15) is 106 Å². The third kappa shape index (κ3) is 5.78. The summed E-state index contributed by atoms with van der Waals surface area (Å²) in [4.78, 5) is 0. The van der Waals surface area contributed by atoms with Gasteiger partial charge in [0.1, 0.15) is 0 Å². The molecular weight excluding hydrogens is 575 g/mol. The van der Waals surface area contributed by atoms with E-state index in [1.807, 2.05) is 0 Å². The van der Waals surface area contributed by atoms with Crippen molar-refractivity contribution in [3.63, 3.8) is 0 Å². The van der Waals surface area contributed by atoms with Crippen molar-refractivity contribution >= 4 is 11.0 Å². The van der Waals surface area contributed by atoms with E-state index in [1.165, 1.54) is 11.1 Å². The first-order valence-electron chi connectivity index (χ1n) is 13.2. The maximum Gasteiger partial charge on any atom is -1.00 e. The number of hydrogen-bond acceptors (Lipinski definition) is 0. The van der Waals surface area contributed by atoms with E-state index in [2.05, 4.69) is 105 Å². The minimum absolute atomic E-state index is 0. The Morgan fingerprint density at radius 3 is 2.03 bits per heavy atom. The van der Waals surface area contributed by atoms with Crippen molar-refractivity contribution in [1.29, 1.82) is 0 Å². The molecule has 0 heterocycles. The molecule has 0 N–H and O–H groups in total. The van der Waals surface area contributed by atoms with Gasteiger partial charge in [-0.2, -0.15) is 0 Å². The molecule has 2 aromatic rings. The molecule has 0 nitrogen and oxygen atoms in total. The van der Waals surface area contributed by atoms with Gasteiger partial charge in [-0.1, -0.05) is 0 Å². The third-order valence-corrected chi connectivity index (χ3v) is 16.4. The fraction of sp³-hybridized carbons (Fsp3) is 0.500. The van der Waals surface area contributed by atoms with Crippen LogP contribution in [0.3, 0.4) is 0 Å². The van der Waals surface area contributed by atoms with Gasteiger partial charge in [-0.25, -0.2) is 0 Å². The van der Waals surface area contributed by atoms with Crippen LogP contribution in [0.25, 0.3) is 16.7 Å². The standard InChI is InChI=1S/C30H37.C2H6Si.2ClH.Zr/c1-9-19-11-13-25(22(19)10-2)28-26-18-20-17-21(29(3,4)5)12-14-23(20)24(26)15-16-27(28)30(6,7)8;1-3-2;;;/h11-12,14-18H,9-10,13H2,1-8H3;1-2H3;2*1H;/q;;;;+2/p-2. The van der Waals surface area contributed by atoms with E-state index in [0.29, 0.717) is 3.63 Å². The Hall–Kier alpha value is -0.400. The molecule has 0 saturated heterocycles. The fourth-order valence-electron chi connectivity index (χ4n) is 5.93. The molecule has 0 saturated carbocycles. The van der Waals surface area contributed by atoms with Crippen LogP contribution in [0.2, 0.25) is 13.1 Å². The van der Waals surface area contributed by atoms with E-state index in [1.54, 1.807) is 44.5 Å². The number of benzene rings is 2. The summed E-state index contributed by atoms with van der Waals surface area (Å²) >= 11 is -0.589. The molecule has 4 heteroatoms.